The van der Waals surface area contributed by atoms with Crippen LogP contribution in [0.3, 0.4) is 0 Å². The molecule has 0 saturated carbocycles. The van der Waals surface area contributed by atoms with E-state index in [1.807, 2.05) is 6.07 Å². The molecule has 2 unspecified atom stereocenters. The Morgan fingerprint density at radius 3 is 2.85 bits per heavy atom. The maximum Gasteiger partial charge on any atom is 0.309 e. The van der Waals surface area contributed by atoms with Crippen molar-refractivity contribution < 1.29 is 13.9 Å². The number of fused-ring (bicyclic) bond motifs is 1. The van der Waals surface area contributed by atoms with E-state index in [0.29, 0.717) is 25.7 Å². The maximum absolute atomic E-state index is 12.7. The summed E-state index contributed by atoms with van der Waals surface area (Å²) in [7, 11) is 1.69. The fraction of sp³-hybridized carbons (Fsp3) is 0.500. The van der Waals surface area contributed by atoms with Gasteiger partial charge in [-0.2, -0.15) is 0 Å². The van der Waals surface area contributed by atoms with Crippen molar-refractivity contribution in [3.8, 4) is 0 Å². The van der Waals surface area contributed by atoms with E-state index in [1.54, 1.807) is 12.0 Å². The number of carbonyl (C=O) groups is 1. The van der Waals surface area contributed by atoms with Crippen LogP contribution < -0.4 is 0 Å². The molecule has 26 heavy (non-hydrogen) atoms. The highest BCUT2D eigenvalue weighted by molar-refractivity contribution is 5.90. The molecular formula is C20H25N3O3. The van der Waals surface area contributed by atoms with E-state index in [2.05, 4.69) is 41.1 Å². The number of hydrogen-bond acceptors (Lipinski definition) is 5. The summed E-state index contributed by atoms with van der Waals surface area (Å²) in [5.74, 6) is 0.954. The van der Waals surface area contributed by atoms with Crippen molar-refractivity contribution in [2.24, 2.45) is 0 Å². The van der Waals surface area contributed by atoms with Crippen LogP contribution in [0.4, 0.5) is 0 Å². The van der Waals surface area contributed by atoms with Crippen molar-refractivity contribution in [1.29, 1.82) is 0 Å². The first-order valence-electron chi connectivity index (χ1n) is 9.25. The minimum Gasteiger partial charge on any atom is -0.437 e. The average molecular weight is 355 g/mol. The average Bonchev–Trinajstić information content (AvgIpc) is 3.33. The smallest absolute Gasteiger partial charge is 0.309 e. The molecule has 1 saturated heterocycles. The third-order valence-corrected chi connectivity index (χ3v) is 5.54. The zero-order valence-corrected chi connectivity index (χ0v) is 15.4. The molecule has 0 spiro atoms. The first-order valence-corrected chi connectivity index (χ1v) is 9.25. The number of ether oxygens (including phenoxy) is 1. The number of nitrogens with zero attached hydrogens (tertiary/aromatic N) is 3. The quantitative estimate of drug-likeness (QED) is 0.844. The zero-order chi connectivity index (χ0) is 18.1. The molecule has 6 heteroatoms. The lowest BCUT2D eigenvalue weighted by atomic mass is 10.0. The SMILES string of the molecule is COC1CCN(C(=O)c2nc3c(o2)CCN(C(C)c2ccccc2)C3)C1. The minimum absolute atomic E-state index is 0.116. The van der Waals surface area contributed by atoms with Gasteiger partial charge < -0.3 is 14.1 Å². The summed E-state index contributed by atoms with van der Waals surface area (Å²) >= 11 is 0. The lowest BCUT2D eigenvalue weighted by Gasteiger charge is -2.31. The van der Waals surface area contributed by atoms with Gasteiger partial charge in [0.15, 0.2) is 0 Å². The Hall–Kier alpha value is -2.18. The van der Waals surface area contributed by atoms with Gasteiger partial charge >= 0.3 is 5.91 Å². The largest absolute Gasteiger partial charge is 0.437 e. The number of hydrogen-bond donors (Lipinski definition) is 0. The molecule has 4 rings (SSSR count). The summed E-state index contributed by atoms with van der Waals surface area (Å²) in [4.78, 5) is 21.3. The molecule has 2 atom stereocenters. The molecule has 6 nitrogen and oxygen atoms in total. The van der Waals surface area contributed by atoms with Crippen molar-refractivity contribution in [3.63, 3.8) is 0 Å². The summed E-state index contributed by atoms with van der Waals surface area (Å²) in [5.41, 5.74) is 2.18. The number of likely N-dealkylation sites (tertiary alicyclic amines) is 1. The van der Waals surface area contributed by atoms with Crippen LogP contribution >= 0.6 is 0 Å². The van der Waals surface area contributed by atoms with Crippen molar-refractivity contribution in [1.82, 2.24) is 14.8 Å². The molecule has 138 valence electrons. The third kappa shape index (κ3) is 3.27. The highest BCUT2D eigenvalue weighted by atomic mass is 16.5. The number of aromatic nitrogens is 1. The van der Waals surface area contributed by atoms with Gasteiger partial charge in [0.05, 0.1) is 11.8 Å². The molecule has 0 radical (unpaired) electrons. The second-order valence-corrected chi connectivity index (χ2v) is 7.09. The zero-order valence-electron chi connectivity index (χ0n) is 15.4. The fourth-order valence-electron chi connectivity index (χ4n) is 3.82. The fourth-order valence-corrected chi connectivity index (χ4v) is 3.82. The Kier molecular flexibility index (Phi) is 4.78. The standard InChI is InChI=1S/C20H25N3O3/c1-14(15-6-4-3-5-7-15)22-11-9-18-17(13-22)21-19(26-18)20(24)23-10-8-16(12-23)25-2/h3-7,14,16H,8-13H2,1-2H3. The van der Waals surface area contributed by atoms with Gasteiger partial charge in [-0.3, -0.25) is 9.69 Å². The first-order chi connectivity index (χ1) is 12.7. The van der Waals surface area contributed by atoms with Crippen LogP contribution in [0.25, 0.3) is 0 Å². The van der Waals surface area contributed by atoms with Gasteiger partial charge in [0.2, 0.25) is 0 Å². The van der Waals surface area contributed by atoms with E-state index < -0.39 is 0 Å². The second-order valence-electron chi connectivity index (χ2n) is 7.09. The number of rotatable bonds is 4. The summed E-state index contributed by atoms with van der Waals surface area (Å²) in [5, 5.41) is 0. The molecule has 2 aliphatic rings. The molecule has 3 heterocycles. The van der Waals surface area contributed by atoms with E-state index in [1.165, 1.54) is 5.56 Å². The molecule has 1 aromatic heterocycles. The third-order valence-electron chi connectivity index (χ3n) is 5.54. The van der Waals surface area contributed by atoms with E-state index in [9.17, 15) is 4.79 Å². The Balaban J connectivity index is 1.46. The van der Waals surface area contributed by atoms with E-state index >= 15 is 0 Å². The Labute approximate surface area is 153 Å². The van der Waals surface area contributed by atoms with Gasteiger partial charge in [0.1, 0.15) is 5.76 Å². The van der Waals surface area contributed by atoms with Crippen LogP contribution in [0.15, 0.2) is 34.7 Å². The van der Waals surface area contributed by atoms with Crippen molar-refractivity contribution in [2.45, 2.75) is 38.5 Å². The molecular weight excluding hydrogens is 330 g/mol. The Morgan fingerprint density at radius 2 is 2.12 bits per heavy atom. The van der Waals surface area contributed by atoms with E-state index in [4.69, 9.17) is 9.15 Å². The van der Waals surface area contributed by atoms with Crippen molar-refractivity contribution in [2.75, 3.05) is 26.7 Å². The predicted molar refractivity (Wildman–Crippen MR) is 96.8 cm³/mol. The minimum atomic E-state index is -0.124. The molecule has 0 bridgehead atoms. The maximum atomic E-state index is 12.7. The van der Waals surface area contributed by atoms with E-state index in [0.717, 1.165) is 30.8 Å². The first kappa shape index (κ1) is 17.2. The van der Waals surface area contributed by atoms with Crippen molar-refractivity contribution >= 4 is 5.91 Å². The topological polar surface area (TPSA) is 58.8 Å². The number of methoxy groups -OCH3 is 1. The van der Waals surface area contributed by atoms with Gasteiger partial charge in [0.25, 0.3) is 5.89 Å². The monoisotopic (exact) mass is 355 g/mol. The van der Waals surface area contributed by atoms with Crippen LogP contribution in [0, 0.1) is 0 Å². The number of amides is 1. The predicted octanol–water partition coefficient (Wildman–Crippen LogP) is 2.65. The van der Waals surface area contributed by atoms with E-state index in [-0.39, 0.29) is 17.9 Å². The molecule has 2 aromatic rings. The highest BCUT2D eigenvalue weighted by Gasteiger charge is 2.32. The summed E-state index contributed by atoms with van der Waals surface area (Å²) in [6, 6.07) is 10.8. The Morgan fingerprint density at radius 1 is 1.31 bits per heavy atom. The molecule has 2 aliphatic heterocycles. The highest BCUT2D eigenvalue weighted by Crippen LogP contribution is 2.28. The van der Waals surface area contributed by atoms with Gasteiger partial charge in [0, 0.05) is 45.8 Å². The Bertz CT molecular complexity index is 774. The van der Waals surface area contributed by atoms with Crippen molar-refractivity contribution in [3.05, 3.63) is 53.2 Å². The van der Waals surface area contributed by atoms with Crippen LogP contribution in [0.1, 0.15) is 47.1 Å². The summed E-state index contributed by atoms with van der Waals surface area (Å²) < 4.78 is 11.2. The van der Waals surface area contributed by atoms with Gasteiger partial charge in [-0.05, 0) is 18.9 Å². The van der Waals surface area contributed by atoms with Crippen LogP contribution in [-0.2, 0) is 17.7 Å². The summed E-state index contributed by atoms with van der Waals surface area (Å²) in [6.45, 7) is 5.13. The normalized spacial score (nSPS) is 21.6. The van der Waals surface area contributed by atoms with Gasteiger partial charge in [-0.1, -0.05) is 30.3 Å². The van der Waals surface area contributed by atoms with Crippen LogP contribution in [0.5, 0.6) is 0 Å². The molecule has 0 aliphatic carbocycles. The number of carbonyl (C=O) groups excluding carboxylic acids is 1. The number of benzene rings is 1. The lowest BCUT2D eigenvalue weighted by Crippen LogP contribution is -2.32. The number of oxazole rings is 1. The van der Waals surface area contributed by atoms with Gasteiger partial charge in [-0.15, -0.1) is 0 Å². The second kappa shape index (κ2) is 7.21. The molecule has 1 fully saturated rings. The molecule has 1 aromatic carbocycles. The van der Waals surface area contributed by atoms with Gasteiger partial charge in [-0.25, -0.2) is 4.98 Å². The van der Waals surface area contributed by atoms with Crippen LogP contribution in [-0.4, -0.2) is 53.5 Å². The summed E-state index contributed by atoms with van der Waals surface area (Å²) in [6.07, 6.45) is 1.77. The molecule has 1 amide bonds. The van der Waals surface area contributed by atoms with Crippen LogP contribution in [0.2, 0.25) is 0 Å². The lowest BCUT2D eigenvalue weighted by molar-refractivity contribution is 0.0686. The molecule has 0 N–H and O–H groups in total.